The molecule has 0 amide bonds. The predicted molar refractivity (Wildman–Crippen MR) is 102 cm³/mol. The van der Waals surface area contributed by atoms with Crippen molar-refractivity contribution in [2.75, 3.05) is 11.4 Å². The first kappa shape index (κ1) is 18.7. The fraction of sp³-hybridized carbons (Fsp3) is 0.111. The van der Waals surface area contributed by atoms with Gasteiger partial charge in [-0.25, -0.2) is 12.8 Å². The summed E-state index contributed by atoms with van der Waals surface area (Å²) in [4.78, 5) is 0. The summed E-state index contributed by atoms with van der Waals surface area (Å²) in [7, 11) is -2.48. The first-order valence-corrected chi connectivity index (χ1v) is 10.3. The Morgan fingerprint density at radius 2 is 1.88 bits per heavy atom. The van der Waals surface area contributed by atoms with Crippen LogP contribution in [0.5, 0.6) is 5.75 Å². The molecule has 0 aliphatic carbocycles. The number of benzene rings is 2. The van der Waals surface area contributed by atoms with Crippen LogP contribution in [0.1, 0.15) is 5.56 Å². The van der Waals surface area contributed by atoms with E-state index in [1.165, 1.54) is 31.4 Å². The number of hydrogen-bond acceptors (Lipinski definition) is 4. The van der Waals surface area contributed by atoms with Gasteiger partial charge in [-0.3, -0.25) is 4.31 Å². The standard InChI is InChI=1S/C18H15ClFNO3S2/c1-24-17-9-3-2-8-16(17)21(26(22,23)18-10-5-11-25-18)12-13-14(19)6-4-7-15(13)20/h2-11H,12H2,1H3. The normalized spacial score (nSPS) is 11.3. The lowest BCUT2D eigenvalue weighted by Gasteiger charge is -2.26. The van der Waals surface area contributed by atoms with E-state index in [2.05, 4.69) is 0 Å². The van der Waals surface area contributed by atoms with Crippen LogP contribution in [0.15, 0.2) is 64.2 Å². The molecular weight excluding hydrogens is 397 g/mol. The molecule has 1 heterocycles. The van der Waals surface area contributed by atoms with Crippen molar-refractivity contribution in [2.45, 2.75) is 10.8 Å². The zero-order chi connectivity index (χ0) is 18.7. The number of nitrogens with zero attached hydrogens (tertiary/aromatic N) is 1. The molecule has 3 rings (SSSR count). The first-order chi connectivity index (χ1) is 12.4. The number of hydrogen-bond donors (Lipinski definition) is 0. The maximum atomic E-state index is 14.3. The van der Waals surface area contributed by atoms with Gasteiger partial charge in [-0.2, -0.15) is 0 Å². The molecule has 0 saturated heterocycles. The second kappa shape index (κ2) is 7.65. The minimum absolute atomic E-state index is 0.0974. The number of anilines is 1. The lowest BCUT2D eigenvalue weighted by Crippen LogP contribution is -2.31. The lowest BCUT2D eigenvalue weighted by atomic mass is 10.2. The van der Waals surface area contributed by atoms with E-state index < -0.39 is 15.8 Å². The Hall–Kier alpha value is -2.09. The maximum Gasteiger partial charge on any atom is 0.274 e. The molecule has 0 bridgehead atoms. The van der Waals surface area contributed by atoms with Crippen LogP contribution in [-0.2, 0) is 16.6 Å². The third kappa shape index (κ3) is 3.56. The van der Waals surface area contributed by atoms with Crippen molar-refractivity contribution in [1.29, 1.82) is 0 Å². The summed E-state index contributed by atoms with van der Waals surface area (Å²) in [5.41, 5.74) is 0.405. The van der Waals surface area contributed by atoms with Crippen molar-refractivity contribution in [2.24, 2.45) is 0 Å². The largest absolute Gasteiger partial charge is 0.495 e. The van der Waals surface area contributed by atoms with E-state index in [4.69, 9.17) is 16.3 Å². The summed E-state index contributed by atoms with van der Waals surface area (Å²) in [5, 5.41) is 1.83. The Labute approximate surface area is 160 Å². The summed E-state index contributed by atoms with van der Waals surface area (Å²) in [6.45, 7) is -0.258. The number of methoxy groups -OCH3 is 1. The van der Waals surface area contributed by atoms with Gasteiger partial charge in [-0.1, -0.05) is 35.9 Å². The van der Waals surface area contributed by atoms with Gasteiger partial charge in [0.2, 0.25) is 0 Å². The van der Waals surface area contributed by atoms with Gasteiger partial charge >= 0.3 is 0 Å². The van der Waals surface area contributed by atoms with Crippen LogP contribution in [0.3, 0.4) is 0 Å². The Bertz CT molecular complexity index is 987. The highest BCUT2D eigenvalue weighted by atomic mass is 35.5. The average Bonchev–Trinajstić information content (AvgIpc) is 3.17. The van der Waals surface area contributed by atoms with Crippen LogP contribution in [0, 0.1) is 5.82 Å². The number of thiophene rings is 1. The van der Waals surface area contributed by atoms with Crippen molar-refractivity contribution in [3.63, 3.8) is 0 Å². The third-order valence-corrected chi connectivity index (χ3v) is 7.24. The Balaban J connectivity index is 2.17. The fourth-order valence-corrected chi connectivity index (χ4v) is 5.25. The van der Waals surface area contributed by atoms with Gasteiger partial charge in [-0.05, 0) is 35.7 Å². The lowest BCUT2D eigenvalue weighted by molar-refractivity contribution is 0.415. The minimum atomic E-state index is -3.93. The molecule has 0 radical (unpaired) electrons. The molecule has 0 N–H and O–H groups in total. The van der Waals surface area contributed by atoms with Gasteiger partial charge < -0.3 is 4.74 Å². The first-order valence-electron chi connectivity index (χ1n) is 7.57. The van der Waals surface area contributed by atoms with Crippen molar-refractivity contribution >= 4 is 38.6 Å². The molecule has 0 fully saturated rings. The molecule has 0 spiro atoms. The molecule has 0 atom stereocenters. The zero-order valence-corrected chi connectivity index (χ0v) is 16.1. The molecule has 1 aromatic heterocycles. The van der Waals surface area contributed by atoms with Crippen LogP contribution >= 0.6 is 22.9 Å². The van der Waals surface area contributed by atoms with E-state index in [1.54, 1.807) is 35.7 Å². The Morgan fingerprint density at radius 1 is 1.12 bits per heavy atom. The summed E-state index contributed by atoms with van der Waals surface area (Å²) in [6.07, 6.45) is 0. The van der Waals surface area contributed by atoms with Gasteiger partial charge in [0.15, 0.2) is 0 Å². The molecule has 0 saturated carbocycles. The average molecular weight is 412 g/mol. The number of sulfonamides is 1. The molecule has 0 aliphatic rings. The van der Waals surface area contributed by atoms with E-state index in [9.17, 15) is 12.8 Å². The second-order valence-corrected chi connectivity index (χ2v) is 8.76. The summed E-state index contributed by atoms with van der Waals surface area (Å²) < 4.78 is 47.3. The van der Waals surface area contributed by atoms with Crippen LogP contribution < -0.4 is 9.04 Å². The third-order valence-electron chi connectivity index (χ3n) is 3.76. The molecule has 8 heteroatoms. The highest BCUT2D eigenvalue weighted by Gasteiger charge is 2.29. The smallest absolute Gasteiger partial charge is 0.274 e. The van der Waals surface area contributed by atoms with Gasteiger partial charge in [0.1, 0.15) is 15.8 Å². The van der Waals surface area contributed by atoms with Crippen molar-refractivity contribution in [3.05, 3.63) is 76.4 Å². The highest BCUT2D eigenvalue weighted by Crippen LogP contribution is 2.36. The summed E-state index contributed by atoms with van der Waals surface area (Å²) >= 11 is 7.21. The van der Waals surface area contributed by atoms with Crippen LogP contribution in [0.4, 0.5) is 10.1 Å². The number of rotatable bonds is 6. The molecule has 3 aromatic rings. The van der Waals surface area contributed by atoms with Gasteiger partial charge in [-0.15, -0.1) is 11.3 Å². The molecule has 0 unspecified atom stereocenters. The van der Waals surface area contributed by atoms with E-state index in [-0.39, 0.29) is 21.3 Å². The quantitative estimate of drug-likeness (QED) is 0.576. The van der Waals surface area contributed by atoms with Gasteiger partial charge in [0.05, 0.1) is 19.3 Å². The Morgan fingerprint density at radius 3 is 2.54 bits per heavy atom. The summed E-state index contributed by atoms with van der Waals surface area (Å²) in [5.74, 6) is -0.209. The fourth-order valence-electron chi connectivity index (χ4n) is 2.48. The predicted octanol–water partition coefficient (Wildman–Crippen LogP) is 4.94. The van der Waals surface area contributed by atoms with E-state index in [0.29, 0.717) is 11.4 Å². The molecule has 0 aliphatic heterocycles. The second-order valence-electron chi connectivity index (χ2n) is 5.32. The molecule has 136 valence electrons. The van der Waals surface area contributed by atoms with Crippen molar-refractivity contribution in [3.8, 4) is 5.75 Å². The summed E-state index contributed by atoms with van der Waals surface area (Å²) in [6, 6.07) is 14.1. The minimum Gasteiger partial charge on any atom is -0.495 e. The number of para-hydroxylation sites is 2. The van der Waals surface area contributed by atoms with E-state index >= 15 is 0 Å². The van der Waals surface area contributed by atoms with Crippen LogP contribution in [-0.4, -0.2) is 15.5 Å². The molecule has 4 nitrogen and oxygen atoms in total. The van der Waals surface area contributed by atoms with Gasteiger partial charge in [0, 0.05) is 10.6 Å². The Kier molecular flexibility index (Phi) is 5.50. The SMILES string of the molecule is COc1ccccc1N(Cc1c(F)cccc1Cl)S(=O)(=O)c1cccs1. The van der Waals surface area contributed by atoms with Crippen LogP contribution in [0.2, 0.25) is 5.02 Å². The van der Waals surface area contributed by atoms with E-state index in [1.807, 2.05) is 0 Å². The van der Waals surface area contributed by atoms with E-state index in [0.717, 1.165) is 15.6 Å². The monoisotopic (exact) mass is 411 g/mol. The van der Waals surface area contributed by atoms with Crippen molar-refractivity contribution < 1.29 is 17.5 Å². The maximum absolute atomic E-state index is 14.3. The molecule has 26 heavy (non-hydrogen) atoms. The van der Waals surface area contributed by atoms with Crippen LogP contribution in [0.25, 0.3) is 0 Å². The molecular formula is C18H15ClFNO3S2. The van der Waals surface area contributed by atoms with Crippen molar-refractivity contribution in [1.82, 2.24) is 0 Å². The molecule has 2 aromatic carbocycles. The highest BCUT2D eigenvalue weighted by molar-refractivity contribution is 7.94. The zero-order valence-electron chi connectivity index (χ0n) is 13.7. The van der Waals surface area contributed by atoms with Gasteiger partial charge in [0.25, 0.3) is 10.0 Å². The number of halogens is 2. The topological polar surface area (TPSA) is 46.6 Å². The number of ether oxygens (including phenoxy) is 1.